The molecule has 4 rings (SSSR count). The van der Waals surface area contributed by atoms with Crippen LogP contribution in [0.2, 0.25) is 0 Å². The minimum absolute atomic E-state index is 0.658. The number of fused-ring (bicyclic) bond motifs is 1. The van der Waals surface area contributed by atoms with Crippen LogP contribution in [0.15, 0.2) is 60.1 Å². The van der Waals surface area contributed by atoms with Gasteiger partial charge < -0.3 is 10.1 Å². The van der Waals surface area contributed by atoms with E-state index < -0.39 is 0 Å². The monoisotopic (exact) mass is 419 g/mol. The molecule has 4 aromatic rings. The lowest BCUT2D eigenvalue weighted by molar-refractivity contribution is 0.310. The van der Waals surface area contributed by atoms with Crippen molar-refractivity contribution in [1.82, 2.24) is 19.9 Å². The van der Waals surface area contributed by atoms with E-state index in [1.54, 1.807) is 18.4 Å². The predicted molar refractivity (Wildman–Crippen MR) is 122 cm³/mol. The van der Waals surface area contributed by atoms with E-state index in [0.29, 0.717) is 6.54 Å². The molecule has 2 heterocycles. The predicted octanol–water partition coefficient (Wildman–Crippen LogP) is 4.38. The molecule has 2 aromatic heterocycles. The van der Waals surface area contributed by atoms with E-state index in [1.807, 2.05) is 48.0 Å². The lowest BCUT2D eigenvalue weighted by atomic mass is 10.1. The number of aromatic nitrogens is 3. The van der Waals surface area contributed by atoms with Crippen molar-refractivity contribution in [2.24, 2.45) is 0 Å². The quantitative estimate of drug-likeness (QED) is 0.434. The van der Waals surface area contributed by atoms with Crippen molar-refractivity contribution >= 4 is 28.1 Å². The number of ether oxygens (including phenoxy) is 1. The Labute approximate surface area is 180 Å². The highest BCUT2D eigenvalue weighted by atomic mass is 32.1. The number of hydrogen-bond acceptors (Lipinski definition) is 7. The zero-order valence-electron chi connectivity index (χ0n) is 17.2. The van der Waals surface area contributed by atoms with Crippen molar-refractivity contribution in [3.05, 3.63) is 76.5 Å². The van der Waals surface area contributed by atoms with Crippen molar-refractivity contribution in [1.29, 1.82) is 0 Å². The van der Waals surface area contributed by atoms with Gasteiger partial charge in [-0.05, 0) is 37.2 Å². The van der Waals surface area contributed by atoms with Crippen LogP contribution in [0, 0.1) is 0 Å². The average molecular weight is 420 g/mol. The van der Waals surface area contributed by atoms with Crippen molar-refractivity contribution < 1.29 is 4.74 Å². The first-order valence-electron chi connectivity index (χ1n) is 9.91. The summed E-state index contributed by atoms with van der Waals surface area (Å²) in [7, 11) is 3.77. The lowest BCUT2D eigenvalue weighted by Gasteiger charge is -2.16. The summed E-state index contributed by atoms with van der Waals surface area (Å²) in [4.78, 5) is 16.1. The van der Waals surface area contributed by atoms with Crippen LogP contribution in [0.3, 0.4) is 0 Å². The summed E-state index contributed by atoms with van der Waals surface area (Å²) in [5.41, 5.74) is 2.12. The first kappa shape index (κ1) is 20.3. The van der Waals surface area contributed by atoms with Crippen LogP contribution >= 0.6 is 11.3 Å². The SMILES string of the molecule is COc1ccccc1CCNc1nc(CN(C)Cc2nccs2)nc2ccccc12. The highest BCUT2D eigenvalue weighted by Crippen LogP contribution is 2.22. The third-order valence-electron chi connectivity index (χ3n) is 4.83. The Hall–Kier alpha value is -3.03. The van der Waals surface area contributed by atoms with Gasteiger partial charge in [-0.1, -0.05) is 30.3 Å². The molecule has 7 heteroatoms. The van der Waals surface area contributed by atoms with E-state index in [9.17, 15) is 0 Å². The van der Waals surface area contributed by atoms with Crippen LogP contribution < -0.4 is 10.1 Å². The van der Waals surface area contributed by atoms with Crippen LogP contribution in [0.1, 0.15) is 16.4 Å². The van der Waals surface area contributed by atoms with Crippen LogP contribution in [0.4, 0.5) is 5.82 Å². The Balaban J connectivity index is 1.50. The topological polar surface area (TPSA) is 63.2 Å². The fourth-order valence-corrected chi connectivity index (χ4v) is 4.11. The summed E-state index contributed by atoms with van der Waals surface area (Å²) in [6.45, 7) is 2.20. The molecule has 0 fully saturated rings. The van der Waals surface area contributed by atoms with Crippen molar-refractivity contribution in [3.63, 3.8) is 0 Å². The maximum Gasteiger partial charge on any atom is 0.145 e. The minimum atomic E-state index is 0.658. The highest BCUT2D eigenvalue weighted by Gasteiger charge is 2.11. The summed E-state index contributed by atoms with van der Waals surface area (Å²) in [5.74, 6) is 2.58. The van der Waals surface area contributed by atoms with E-state index in [1.165, 1.54) is 5.56 Å². The standard InChI is InChI=1S/C23H25N5OS/c1-28(16-22-24-13-14-30-22)15-21-26-19-9-5-4-8-18(19)23(27-21)25-12-11-17-7-3-6-10-20(17)29-2/h3-10,13-14H,11-12,15-16H2,1-2H3,(H,25,26,27). The van der Waals surface area contributed by atoms with Crippen LogP contribution in [-0.4, -0.2) is 40.6 Å². The first-order valence-corrected chi connectivity index (χ1v) is 10.8. The molecule has 0 bridgehead atoms. The van der Waals surface area contributed by atoms with Gasteiger partial charge in [0.15, 0.2) is 0 Å². The van der Waals surface area contributed by atoms with E-state index in [-0.39, 0.29) is 0 Å². The van der Waals surface area contributed by atoms with Crippen molar-refractivity contribution in [3.8, 4) is 5.75 Å². The molecule has 6 nitrogen and oxygen atoms in total. The number of hydrogen-bond donors (Lipinski definition) is 1. The lowest BCUT2D eigenvalue weighted by Crippen LogP contribution is -2.19. The Kier molecular flexibility index (Phi) is 6.51. The number of benzene rings is 2. The van der Waals surface area contributed by atoms with Gasteiger partial charge in [0, 0.05) is 23.5 Å². The van der Waals surface area contributed by atoms with Gasteiger partial charge in [-0.25, -0.2) is 15.0 Å². The molecule has 0 saturated carbocycles. The van der Waals surface area contributed by atoms with Gasteiger partial charge >= 0.3 is 0 Å². The normalized spacial score (nSPS) is 11.2. The maximum atomic E-state index is 5.46. The van der Waals surface area contributed by atoms with E-state index in [4.69, 9.17) is 14.7 Å². The minimum Gasteiger partial charge on any atom is -0.496 e. The molecule has 0 saturated heterocycles. The third-order valence-corrected chi connectivity index (χ3v) is 5.59. The number of methoxy groups -OCH3 is 1. The molecule has 0 amide bonds. The summed E-state index contributed by atoms with van der Waals surface area (Å²) in [5, 5.41) is 7.63. The van der Waals surface area contributed by atoms with Crippen molar-refractivity contribution in [2.45, 2.75) is 19.5 Å². The van der Waals surface area contributed by atoms with E-state index >= 15 is 0 Å². The number of anilines is 1. The van der Waals surface area contributed by atoms with Gasteiger partial charge in [0.25, 0.3) is 0 Å². The fraction of sp³-hybridized carbons (Fsp3) is 0.261. The largest absolute Gasteiger partial charge is 0.496 e. The van der Waals surface area contributed by atoms with Gasteiger partial charge in [0.05, 0.1) is 25.7 Å². The number of nitrogens with one attached hydrogen (secondary N) is 1. The van der Waals surface area contributed by atoms with Crippen molar-refractivity contribution in [2.75, 3.05) is 26.0 Å². The Morgan fingerprint density at radius 1 is 1.03 bits per heavy atom. The summed E-state index contributed by atoms with van der Waals surface area (Å²) < 4.78 is 5.46. The number of thiazole rings is 1. The second-order valence-corrected chi connectivity index (χ2v) is 8.07. The molecule has 30 heavy (non-hydrogen) atoms. The highest BCUT2D eigenvalue weighted by molar-refractivity contribution is 7.09. The molecule has 0 spiro atoms. The second kappa shape index (κ2) is 9.65. The molecule has 154 valence electrons. The Morgan fingerprint density at radius 2 is 1.87 bits per heavy atom. The smallest absolute Gasteiger partial charge is 0.145 e. The first-order chi connectivity index (χ1) is 14.7. The Bertz CT molecular complexity index is 1100. The van der Waals surface area contributed by atoms with Crippen LogP contribution in [0.5, 0.6) is 5.75 Å². The summed E-state index contributed by atoms with van der Waals surface area (Å²) >= 11 is 1.66. The van der Waals surface area contributed by atoms with Gasteiger partial charge in [-0.3, -0.25) is 4.90 Å². The molecule has 2 aromatic carbocycles. The molecular formula is C23H25N5OS. The second-order valence-electron chi connectivity index (χ2n) is 7.09. The molecule has 1 N–H and O–H groups in total. The molecule has 0 aliphatic heterocycles. The molecule has 0 aliphatic carbocycles. The van der Waals surface area contributed by atoms with Crippen LogP contribution in [-0.2, 0) is 19.5 Å². The van der Waals surface area contributed by atoms with E-state index in [2.05, 4.69) is 34.4 Å². The summed E-state index contributed by atoms with van der Waals surface area (Å²) in [6, 6.07) is 16.2. The van der Waals surface area contributed by atoms with E-state index in [0.717, 1.165) is 52.8 Å². The van der Waals surface area contributed by atoms with Crippen LogP contribution in [0.25, 0.3) is 10.9 Å². The maximum absolute atomic E-state index is 5.46. The molecular weight excluding hydrogens is 394 g/mol. The molecule has 0 radical (unpaired) electrons. The number of nitrogens with zero attached hydrogens (tertiary/aromatic N) is 4. The third kappa shape index (κ3) is 4.93. The number of rotatable bonds is 9. The Morgan fingerprint density at radius 3 is 2.70 bits per heavy atom. The molecule has 0 unspecified atom stereocenters. The fourth-order valence-electron chi connectivity index (χ4n) is 3.41. The van der Waals surface area contributed by atoms with Gasteiger partial charge in [-0.15, -0.1) is 11.3 Å². The summed E-state index contributed by atoms with van der Waals surface area (Å²) in [6.07, 6.45) is 2.69. The number of para-hydroxylation sites is 2. The molecule has 0 atom stereocenters. The van der Waals surface area contributed by atoms with Gasteiger partial charge in [0.2, 0.25) is 0 Å². The van der Waals surface area contributed by atoms with Gasteiger partial charge in [-0.2, -0.15) is 0 Å². The zero-order chi connectivity index (χ0) is 20.8. The average Bonchev–Trinajstić information content (AvgIpc) is 3.27. The molecule has 0 aliphatic rings. The zero-order valence-corrected chi connectivity index (χ0v) is 18.0. The van der Waals surface area contributed by atoms with Gasteiger partial charge in [0.1, 0.15) is 22.4 Å².